The highest BCUT2D eigenvalue weighted by molar-refractivity contribution is 6.35. The van der Waals surface area contributed by atoms with E-state index in [4.69, 9.17) is 22.1 Å². The second-order valence-electron chi connectivity index (χ2n) is 4.03. The van der Waals surface area contributed by atoms with Crippen molar-refractivity contribution in [2.45, 2.75) is 13.2 Å². The predicted octanol–water partition coefficient (Wildman–Crippen LogP) is 2.47. The standard InChI is InChI=1S/C13H15ClN4O/c1-19-7-10-4-2-3-9(5-10)6-16-13-11(14)12(15)17-8-18-13/h2-5,8H,6-7H2,1H3,(H3,15,16,17,18). The van der Waals surface area contributed by atoms with Crippen molar-refractivity contribution in [1.29, 1.82) is 0 Å². The Morgan fingerprint density at radius 1 is 1.32 bits per heavy atom. The van der Waals surface area contributed by atoms with Gasteiger partial charge in [-0.1, -0.05) is 35.9 Å². The monoisotopic (exact) mass is 278 g/mol. The van der Waals surface area contributed by atoms with Crippen LogP contribution >= 0.6 is 11.6 Å². The fourth-order valence-electron chi connectivity index (χ4n) is 1.69. The maximum Gasteiger partial charge on any atom is 0.150 e. The van der Waals surface area contributed by atoms with E-state index < -0.39 is 0 Å². The van der Waals surface area contributed by atoms with Crippen molar-refractivity contribution in [3.63, 3.8) is 0 Å². The molecular weight excluding hydrogens is 264 g/mol. The number of ether oxygens (including phenoxy) is 1. The zero-order chi connectivity index (χ0) is 13.7. The summed E-state index contributed by atoms with van der Waals surface area (Å²) in [4.78, 5) is 7.87. The first kappa shape index (κ1) is 13.6. The zero-order valence-electron chi connectivity index (χ0n) is 10.6. The smallest absolute Gasteiger partial charge is 0.150 e. The van der Waals surface area contributed by atoms with Gasteiger partial charge in [0.25, 0.3) is 0 Å². The van der Waals surface area contributed by atoms with Crippen LogP contribution in [-0.2, 0) is 17.9 Å². The summed E-state index contributed by atoms with van der Waals surface area (Å²) in [5.74, 6) is 0.804. The van der Waals surface area contributed by atoms with E-state index in [0.717, 1.165) is 11.1 Å². The maximum absolute atomic E-state index is 6.01. The molecule has 0 amide bonds. The van der Waals surface area contributed by atoms with Gasteiger partial charge in [-0.25, -0.2) is 9.97 Å². The number of hydrogen-bond donors (Lipinski definition) is 2. The first-order chi connectivity index (χ1) is 9.20. The van der Waals surface area contributed by atoms with Gasteiger partial charge in [0.15, 0.2) is 5.82 Å². The van der Waals surface area contributed by atoms with Gasteiger partial charge in [0, 0.05) is 13.7 Å². The summed E-state index contributed by atoms with van der Waals surface area (Å²) in [5.41, 5.74) is 7.85. The Morgan fingerprint density at radius 2 is 2.11 bits per heavy atom. The van der Waals surface area contributed by atoms with Crippen molar-refractivity contribution in [1.82, 2.24) is 9.97 Å². The molecule has 6 heteroatoms. The summed E-state index contributed by atoms with van der Waals surface area (Å²) in [6.45, 7) is 1.20. The molecule has 5 nitrogen and oxygen atoms in total. The van der Waals surface area contributed by atoms with E-state index in [9.17, 15) is 0 Å². The van der Waals surface area contributed by atoms with E-state index in [1.54, 1.807) is 7.11 Å². The molecule has 0 spiro atoms. The Hall–Kier alpha value is -1.85. The Kier molecular flexibility index (Phi) is 4.54. The molecule has 0 aliphatic heterocycles. The number of anilines is 2. The van der Waals surface area contributed by atoms with Gasteiger partial charge in [-0.05, 0) is 11.1 Å². The summed E-state index contributed by atoms with van der Waals surface area (Å²) >= 11 is 6.01. The summed E-state index contributed by atoms with van der Waals surface area (Å²) in [7, 11) is 1.67. The quantitative estimate of drug-likeness (QED) is 0.879. The number of nitrogens with one attached hydrogen (secondary N) is 1. The molecule has 0 fully saturated rings. The minimum absolute atomic E-state index is 0.271. The molecule has 0 atom stereocenters. The zero-order valence-corrected chi connectivity index (χ0v) is 11.3. The van der Waals surface area contributed by atoms with Gasteiger partial charge in [0.2, 0.25) is 0 Å². The molecule has 0 saturated heterocycles. The van der Waals surface area contributed by atoms with Gasteiger partial charge in [0.05, 0.1) is 6.61 Å². The lowest BCUT2D eigenvalue weighted by molar-refractivity contribution is 0.185. The molecule has 1 heterocycles. The van der Waals surface area contributed by atoms with Crippen LogP contribution in [-0.4, -0.2) is 17.1 Å². The topological polar surface area (TPSA) is 73.1 Å². The third-order valence-corrected chi connectivity index (χ3v) is 2.95. The van der Waals surface area contributed by atoms with E-state index in [-0.39, 0.29) is 5.82 Å². The molecule has 100 valence electrons. The van der Waals surface area contributed by atoms with Gasteiger partial charge in [-0.2, -0.15) is 0 Å². The third-order valence-electron chi connectivity index (χ3n) is 2.58. The SMILES string of the molecule is COCc1cccc(CNc2ncnc(N)c2Cl)c1. The summed E-state index contributed by atoms with van der Waals surface area (Å²) in [6.07, 6.45) is 1.38. The van der Waals surface area contributed by atoms with Crippen LogP contribution in [0.1, 0.15) is 11.1 Å². The number of rotatable bonds is 5. The molecule has 19 heavy (non-hydrogen) atoms. The van der Waals surface area contributed by atoms with Crippen molar-refractivity contribution < 1.29 is 4.74 Å². The number of aromatic nitrogens is 2. The number of nitrogens with zero attached hydrogens (tertiary/aromatic N) is 2. The maximum atomic E-state index is 6.01. The van der Waals surface area contributed by atoms with Crippen LogP contribution < -0.4 is 11.1 Å². The number of hydrogen-bond acceptors (Lipinski definition) is 5. The lowest BCUT2D eigenvalue weighted by atomic mass is 10.1. The van der Waals surface area contributed by atoms with Crippen molar-refractivity contribution in [2.24, 2.45) is 0 Å². The minimum Gasteiger partial charge on any atom is -0.382 e. The van der Waals surface area contributed by atoms with Crippen molar-refractivity contribution in [3.8, 4) is 0 Å². The van der Waals surface area contributed by atoms with E-state index in [1.807, 2.05) is 18.2 Å². The molecule has 2 rings (SSSR count). The second kappa shape index (κ2) is 6.36. The number of benzene rings is 1. The van der Waals surface area contributed by atoms with Crippen LogP contribution in [0.5, 0.6) is 0 Å². The number of methoxy groups -OCH3 is 1. The molecule has 1 aromatic heterocycles. The molecule has 0 aliphatic rings. The fourth-order valence-corrected chi connectivity index (χ4v) is 1.85. The van der Waals surface area contributed by atoms with E-state index in [1.165, 1.54) is 6.33 Å². The van der Waals surface area contributed by atoms with Crippen molar-refractivity contribution in [2.75, 3.05) is 18.2 Å². The second-order valence-corrected chi connectivity index (χ2v) is 4.41. The van der Waals surface area contributed by atoms with Crippen LogP contribution in [0.15, 0.2) is 30.6 Å². The summed E-state index contributed by atoms with van der Waals surface area (Å²) in [6, 6.07) is 8.09. The van der Waals surface area contributed by atoms with Gasteiger partial charge in [0.1, 0.15) is 17.2 Å². The van der Waals surface area contributed by atoms with Crippen LogP contribution in [0.4, 0.5) is 11.6 Å². The van der Waals surface area contributed by atoms with Crippen LogP contribution in [0.3, 0.4) is 0 Å². The van der Waals surface area contributed by atoms with Gasteiger partial charge < -0.3 is 15.8 Å². The van der Waals surface area contributed by atoms with Gasteiger partial charge in [-0.3, -0.25) is 0 Å². The van der Waals surface area contributed by atoms with Crippen LogP contribution in [0, 0.1) is 0 Å². The van der Waals surface area contributed by atoms with E-state index >= 15 is 0 Å². The molecular formula is C13H15ClN4O. The molecule has 1 aromatic carbocycles. The highest BCUT2D eigenvalue weighted by atomic mass is 35.5. The fraction of sp³-hybridized carbons (Fsp3) is 0.231. The molecule has 2 aromatic rings. The lowest BCUT2D eigenvalue weighted by Gasteiger charge is -2.09. The normalized spacial score (nSPS) is 10.4. The number of nitrogen functional groups attached to an aromatic ring is 1. The van der Waals surface area contributed by atoms with E-state index in [2.05, 4.69) is 21.4 Å². The largest absolute Gasteiger partial charge is 0.382 e. The van der Waals surface area contributed by atoms with Crippen molar-refractivity contribution in [3.05, 3.63) is 46.7 Å². The van der Waals surface area contributed by atoms with Crippen LogP contribution in [0.2, 0.25) is 5.02 Å². The summed E-state index contributed by atoms with van der Waals surface area (Å²) in [5, 5.41) is 3.48. The Morgan fingerprint density at radius 3 is 2.89 bits per heavy atom. The molecule has 0 saturated carbocycles. The summed E-state index contributed by atoms with van der Waals surface area (Å²) < 4.78 is 5.10. The minimum atomic E-state index is 0.271. The Balaban J connectivity index is 2.06. The average Bonchev–Trinajstić information content (AvgIpc) is 2.41. The molecule has 0 aliphatic carbocycles. The first-order valence-electron chi connectivity index (χ1n) is 5.77. The Labute approximate surface area is 116 Å². The lowest BCUT2D eigenvalue weighted by Crippen LogP contribution is -2.04. The van der Waals surface area contributed by atoms with Crippen LogP contribution in [0.25, 0.3) is 0 Å². The molecule has 0 radical (unpaired) electrons. The number of halogens is 1. The molecule has 3 N–H and O–H groups in total. The van der Waals surface area contributed by atoms with Gasteiger partial charge >= 0.3 is 0 Å². The van der Waals surface area contributed by atoms with Gasteiger partial charge in [-0.15, -0.1) is 0 Å². The predicted molar refractivity (Wildman–Crippen MR) is 75.9 cm³/mol. The molecule has 0 bridgehead atoms. The number of nitrogens with two attached hydrogens (primary N) is 1. The third kappa shape index (κ3) is 3.56. The Bertz CT molecular complexity index is 562. The highest BCUT2D eigenvalue weighted by Crippen LogP contribution is 2.23. The molecule has 0 unspecified atom stereocenters. The average molecular weight is 279 g/mol. The van der Waals surface area contributed by atoms with E-state index in [0.29, 0.717) is 24.0 Å². The van der Waals surface area contributed by atoms with Crippen molar-refractivity contribution >= 4 is 23.2 Å². The first-order valence-corrected chi connectivity index (χ1v) is 6.15. The highest BCUT2D eigenvalue weighted by Gasteiger charge is 2.05.